The van der Waals surface area contributed by atoms with E-state index >= 15 is 0 Å². The van der Waals surface area contributed by atoms with Crippen LogP contribution in [-0.4, -0.2) is 68.5 Å². The molecule has 2 aliphatic heterocycles. The number of rotatable bonds is 7. The average molecular weight is 546 g/mol. The van der Waals surface area contributed by atoms with Crippen molar-refractivity contribution in [3.05, 3.63) is 58.3 Å². The van der Waals surface area contributed by atoms with E-state index in [9.17, 15) is 9.59 Å². The highest BCUT2D eigenvalue weighted by Crippen LogP contribution is 2.28. The minimum Gasteiger partial charge on any atom is -0.336 e. The van der Waals surface area contributed by atoms with Crippen molar-refractivity contribution in [2.45, 2.75) is 46.1 Å². The predicted molar refractivity (Wildman–Crippen MR) is 154 cm³/mol. The highest BCUT2D eigenvalue weighted by atomic mass is 32.1. The van der Waals surface area contributed by atoms with Gasteiger partial charge in [-0.25, -0.2) is 4.98 Å². The second-order valence-corrected chi connectivity index (χ2v) is 11.0. The standard InChI is InChI=1S/C15H14N4O.C14H21N3OS/c1-2-11-7-10(5-6-16-11)15-13-8-12(17-9-20)3-4-14(13)18-19-15;1-2-11-3-5-16(7-11)9-14(18)17-6-4-12-13(8-17)19-10-15-12/h3-9H,2H2,1H3,(H,17,20)(H,18,19);10-11H,2-9H2,1H3. The number of aryl methyl sites for hydroxylation is 1. The van der Waals surface area contributed by atoms with E-state index in [0.29, 0.717) is 13.0 Å². The van der Waals surface area contributed by atoms with Gasteiger partial charge in [-0.2, -0.15) is 5.10 Å². The van der Waals surface area contributed by atoms with Crippen molar-refractivity contribution in [3.63, 3.8) is 0 Å². The Balaban J connectivity index is 0.000000158. The van der Waals surface area contributed by atoms with Gasteiger partial charge in [-0.15, -0.1) is 11.3 Å². The fraction of sp³-hybridized carbons (Fsp3) is 0.414. The maximum Gasteiger partial charge on any atom is 0.237 e. The molecular formula is C29H35N7O2S. The molecule has 0 saturated carbocycles. The molecule has 0 aliphatic carbocycles. The quantitative estimate of drug-likeness (QED) is 0.331. The minimum absolute atomic E-state index is 0.288. The van der Waals surface area contributed by atoms with E-state index in [2.05, 4.69) is 44.2 Å². The molecule has 1 atom stereocenters. The Labute approximate surface area is 232 Å². The zero-order valence-corrected chi connectivity index (χ0v) is 23.3. The number of benzene rings is 1. The number of thiazole rings is 1. The van der Waals surface area contributed by atoms with Gasteiger partial charge in [-0.1, -0.05) is 20.3 Å². The molecule has 1 unspecified atom stereocenters. The minimum atomic E-state index is 0.288. The lowest BCUT2D eigenvalue weighted by Gasteiger charge is -2.28. The van der Waals surface area contributed by atoms with E-state index in [0.717, 1.165) is 78.5 Å². The molecule has 3 aromatic heterocycles. The fourth-order valence-electron chi connectivity index (χ4n) is 5.22. The molecule has 39 heavy (non-hydrogen) atoms. The van der Waals surface area contributed by atoms with Gasteiger partial charge in [0.25, 0.3) is 0 Å². The lowest BCUT2D eigenvalue weighted by atomic mass is 10.1. The maximum atomic E-state index is 12.3. The van der Waals surface area contributed by atoms with Crippen LogP contribution in [0.25, 0.3) is 22.2 Å². The summed E-state index contributed by atoms with van der Waals surface area (Å²) in [5.74, 6) is 1.08. The number of nitrogens with one attached hydrogen (secondary N) is 2. The Bertz CT molecular complexity index is 1430. The Morgan fingerprint density at radius 3 is 2.90 bits per heavy atom. The summed E-state index contributed by atoms with van der Waals surface area (Å²) in [7, 11) is 0. The number of H-pyrrole nitrogens is 1. The van der Waals surface area contributed by atoms with Crippen molar-refractivity contribution in [2.75, 3.05) is 31.5 Å². The van der Waals surface area contributed by atoms with E-state index in [-0.39, 0.29) is 5.91 Å². The number of fused-ring (bicyclic) bond motifs is 2. The number of carbonyl (C=O) groups excluding carboxylic acids is 2. The first-order chi connectivity index (χ1) is 19.1. The first kappa shape index (κ1) is 27.0. The molecular weight excluding hydrogens is 510 g/mol. The molecule has 10 heteroatoms. The van der Waals surface area contributed by atoms with Crippen LogP contribution in [-0.2, 0) is 29.0 Å². The molecule has 1 fully saturated rings. The third kappa shape index (κ3) is 6.34. The fourth-order valence-corrected chi connectivity index (χ4v) is 6.05. The van der Waals surface area contributed by atoms with Crippen LogP contribution in [0, 0.1) is 5.92 Å². The molecule has 1 aromatic carbocycles. The zero-order valence-electron chi connectivity index (χ0n) is 22.5. The number of aromatic amines is 1. The van der Waals surface area contributed by atoms with Crippen LogP contribution in [0.15, 0.2) is 42.0 Å². The van der Waals surface area contributed by atoms with Crippen LogP contribution in [0.3, 0.4) is 0 Å². The van der Waals surface area contributed by atoms with Crippen molar-refractivity contribution >= 4 is 40.2 Å². The Morgan fingerprint density at radius 2 is 2.10 bits per heavy atom. The predicted octanol–water partition coefficient (Wildman–Crippen LogP) is 4.52. The Hall–Kier alpha value is -3.63. The number of anilines is 1. The highest BCUT2D eigenvalue weighted by molar-refractivity contribution is 7.09. The third-order valence-electron chi connectivity index (χ3n) is 7.58. The van der Waals surface area contributed by atoms with Crippen LogP contribution >= 0.6 is 11.3 Å². The molecule has 2 amide bonds. The highest BCUT2D eigenvalue weighted by Gasteiger charge is 2.27. The van der Waals surface area contributed by atoms with Crippen molar-refractivity contribution in [2.24, 2.45) is 5.92 Å². The van der Waals surface area contributed by atoms with Crippen LogP contribution in [0.5, 0.6) is 0 Å². The second kappa shape index (κ2) is 12.5. The number of hydrogen-bond donors (Lipinski definition) is 2. The number of amides is 2. The van der Waals surface area contributed by atoms with Crippen molar-refractivity contribution in [3.8, 4) is 11.3 Å². The summed E-state index contributed by atoms with van der Waals surface area (Å²) in [5, 5.41) is 11.0. The zero-order chi connectivity index (χ0) is 27.2. The maximum absolute atomic E-state index is 12.3. The van der Waals surface area contributed by atoms with Crippen molar-refractivity contribution in [1.29, 1.82) is 0 Å². The number of hydrogen-bond acceptors (Lipinski definition) is 7. The lowest BCUT2D eigenvalue weighted by Crippen LogP contribution is -2.41. The number of pyridine rings is 1. The number of carbonyl (C=O) groups is 2. The SMILES string of the molecule is CCC1CCN(CC(=O)N2CCc3ncsc3C2)C1.CCc1cc(-c2n[nH]c3ccc(NC=O)cc23)ccn1. The number of likely N-dealkylation sites (tertiary alicyclic amines) is 1. The van der Waals surface area contributed by atoms with Crippen molar-refractivity contribution in [1.82, 2.24) is 30.0 Å². The van der Waals surface area contributed by atoms with Crippen molar-refractivity contribution < 1.29 is 9.59 Å². The molecule has 4 aromatic rings. The second-order valence-electron chi connectivity index (χ2n) is 10.1. The molecule has 2 N–H and O–H groups in total. The summed E-state index contributed by atoms with van der Waals surface area (Å²) in [6.45, 7) is 8.70. The summed E-state index contributed by atoms with van der Waals surface area (Å²) in [6.07, 6.45) is 6.75. The number of nitrogens with zero attached hydrogens (tertiary/aromatic N) is 5. The molecule has 0 spiro atoms. The summed E-state index contributed by atoms with van der Waals surface area (Å²) in [4.78, 5) is 37.1. The molecule has 0 radical (unpaired) electrons. The topological polar surface area (TPSA) is 107 Å². The van der Waals surface area contributed by atoms with E-state index < -0.39 is 0 Å². The first-order valence-corrected chi connectivity index (χ1v) is 14.5. The van der Waals surface area contributed by atoms with Crippen LogP contribution in [0.4, 0.5) is 5.69 Å². The largest absolute Gasteiger partial charge is 0.336 e. The smallest absolute Gasteiger partial charge is 0.237 e. The van der Waals surface area contributed by atoms with Gasteiger partial charge in [-0.3, -0.25) is 24.6 Å². The number of aromatic nitrogens is 4. The first-order valence-electron chi connectivity index (χ1n) is 13.6. The van der Waals surface area contributed by atoms with Crippen LogP contribution in [0.1, 0.15) is 43.0 Å². The van der Waals surface area contributed by atoms with Gasteiger partial charge in [0.2, 0.25) is 12.3 Å². The average Bonchev–Trinajstić information content (AvgIpc) is 3.72. The van der Waals surface area contributed by atoms with Gasteiger partial charge >= 0.3 is 0 Å². The van der Waals surface area contributed by atoms with E-state index in [1.54, 1.807) is 17.5 Å². The molecule has 9 nitrogen and oxygen atoms in total. The van der Waals surface area contributed by atoms with E-state index in [1.807, 2.05) is 40.7 Å². The van der Waals surface area contributed by atoms with Gasteiger partial charge in [0.1, 0.15) is 5.69 Å². The van der Waals surface area contributed by atoms with Crippen LogP contribution in [0.2, 0.25) is 0 Å². The van der Waals surface area contributed by atoms with E-state index in [1.165, 1.54) is 23.4 Å². The molecule has 5 heterocycles. The molecule has 204 valence electrons. The third-order valence-corrected chi connectivity index (χ3v) is 8.44. The molecule has 1 saturated heterocycles. The molecule has 0 bridgehead atoms. The molecule has 2 aliphatic rings. The van der Waals surface area contributed by atoms with Gasteiger partial charge < -0.3 is 10.2 Å². The lowest BCUT2D eigenvalue weighted by molar-refractivity contribution is -0.133. The van der Waals surface area contributed by atoms with Gasteiger partial charge in [0, 0.05) is 52.9 Å². The normalized spacial score (nSPS) is 17.0. The summed E-state index contributed by atoms with van der Waals surface area (Å²) >= 11 is 1.67. The van der Waals surface area contributed by atoms with Gasteiger partial charge in [0.15, 0.2) is 0 Å². The summed E-state index contributed by atoms with van der Waals surface area (Å²) < 4.78 is 0. The van der Waals surface area contributed by atoms with Crippen LogP contribution < -0.4 is 5.32 Å². The van der Waals surface area contributed by atoms with Gasteiger partial charge in [0.05, 0.1) is 29.8 Å². The Morgan fingerprint density at radius 1 is 1.21 bits per heavy atom. The monoisotopic (exact) mass is 545 g/mol. The summed E-state index contributed by atoms with van der Waals surface area (Å²) in [5.41, 5.74) is 7.69. The molecule has 6 rings (SSSR count). The summed E-state index contributed by atoms with van der Waals surface area (Å²) in [6, 6.07) is 9.63. The Kier molecular flexibility index (Phi) is 8.63. The van der Waals surface area contributed by atoms with E-state index in [4.69, 9.17) is 0 Å². The van der Waals surface area contributed by atoms with Gasteiger partial charge in [-0.05, 0) is 55.6 Å².